The van der Waals surface area contributed by atoms with Gasteiger partial charge in [-0.2, -0.15) is 0 Å². The van der Waals surface area contributed by atoms with Crippen LogP contribution in [0, 0.1) is 5.41 Å². The van der Waals surface area contributed by atoms with E-state index in [1.165, 1.54) is 4.90 Å². The Morgan fingerprint density at radius 1 is 1.03 bits per heavy atom. The van der Waals surface area contributed by atoms with Gasteiger partial charge in [-0.1, -0.05) is 0 Å². The maximum Gasteiger partial charge on any atom is 0.409 e. The van der Waals surface area contributed by atoms with Crippen molar-refractivity contribution in [1.82, 2.24) is 19.6 Å². The lowest BCUT2D eigenvalue weighted by atomic mass is 9.64. The molecule has 0 bridgehead atoms. The molecule has 0 aromatic rings. The number of likely N-dealkylation sites (tertiary alicyclic amines) is 3. The first-order valence-electron chi connectivity index (χ1n) is 11.6. The molecule has 7 nitrogen and oxygen atoms in total. The van der Waals surface area contributed by atoms with Gasteiger partial charge in [-0.05, 0) is 57.5 Å². The van der Waals surface area contributed by atoms with Gasteiger partial charge in [0, 0.05) is 45.7 Å². The molecule has 31 heavy (non-hydrogen) atoms. The van der Waals surface area contributed by atoms with Crippen molar-refractivity contribution in [3.05, 3.63) is 0 Å². The molecule has 4 fully saturated rings. The number of likely N-dealkylation sites (N-methyl/N-ethyl adjacent to an activating group) is 1. The van der Waals surface area contributed by atoms with E-state index in [-0.39, 0.29) is 36.4 Å². The lowest BCUT2D eigenvalue weighted by molar-refractivity contribution is -0.134. The molecule has 0 N–H and O–H groups in total. The average Bonchev–Trinajstić information content (AvgIpc) is 3.28. The first-order valence-corrected chi connectivity index (χ1v) is 11.6. The highest BCUT2D eigenvalue weighted by Gasteiger charge is 2.53. The SMILES string of the molecule is CCOC(=O)N1CCC2(CC(N3CCC(N4CC(F)(F)CC4C(=O)N(C)C)CC3)C2)C1. The summed E-state index contributed by atoms with van der Waals surface area (Å²) in [5, 5.41) is 0. The number of nitrogens with zero attached hydrogens (tertiary/aromatic N) is 4. The molecule has 176 valence electrons. The molecule has 2 amide bonds. The van der Waals surface area contributed by atoms with Crippen molar-refractivity contribution in [3.63, 3.8) is 0 Å². The predicted molar refractivity (Wildman–Crippen MR) is 112 cm³/mol. The highest BCUT2D eigenvalue weighted by Crippen LogP contribution is 2.50. The van der Waals surface area contributed by atoms with Crippen LogP contribution < -0.4 is 0 Å². The van der Waals surface area contributed by atoms with Crippen LogP contribution in [-0.4, -0.2) is 109 Å². The maximum absolute atomic E-state index is 14.1. The fraction of sp³-hybridized carbons (Fsp3) is 0.909. The first kappa shape index (κ1) is 22.7. The predicted octanol–water partition coefficient (Wildman–Crippen LogP) is 2.26. The van der Waals surface area contributed by atoms with E-state index in [2.05, 4.69) is 4.90 Å². The average molecular weight is 443 g/mol. The van der Waals surface area contributed by atoms with E-state index < -0.39 is 12.0 Å². The van der Waals surface area contributed by atoms with Crippen molar-refractivity contribution in [2.24, 2.45) is 5.41 Å². The summed E-state index contributed by atoms with van der Waals surface area (Å²) in [5.74, 6) is -3.01. The molecule has 9 heteroatoms. The van der Waals surface area contributed by atoms with Crippen molar-refractivity contribution < 1.29 is 23.1 Å². The fourth-order valence-electron chi connectivity index (χ4n) is 6.17. The Balaban J connectivity index is 1.27. The van der Waals surface area contributed by atoms with Crippen LogP contribution in [0.25, 0.3) is 0 Å². The van der Waals surface area contributed by atoms with Crippen LogP contribution in [0.5, 0.6) is 0 Å². The van der Waals surface area contributed by atoms with E-state index in [0.717, 1.165) is 58.3 Å². The Kier molecular flexibility index (Phi) is 6.20. The van der Waals surface area contributed by atoms with Gasteiger partial charge in [0.15, 0.2) is 0 Å². The number of carbonyl (C=O) groups excluding carboxylic acids is 2. The summed E-state index contributed by atoms with van der Waals surface area (Å²) in [5.41, 5.74) is 0.231. The summed E-state index contributed by atoms with van der Waals surface area (Å²) >= 11 is 0. The van der Waals surface area contributed by atoms with Gasteiger partial charge in [0.05, 0.1) is 19.2 Å². The molecule has 0 radical (unpaired) electrons. The van der Waals surface area contributed by atoms with Crippen molar-refractivity contribution >= 4 is 12.0 Å². The van der Waals surface area contributed by atoms with E-state index >= 15 is 0 Å². The Labute approximate surface area is 183 Å². The third-order valence-electron chi connectivity index (χ3n) is 7.82. The van der Waals surface area contributed by atoms with Gasteiger partial charge in [0.2, 0.25) is 5.91 Å². The Hall–Kier alpha value is -1.48. The zero-order chi connectivity index (χ0) is 22.4. The lowest BCUT2D eigenvalue weighted by Crippen LogP contribution is -2.57. The lowest BCUT2D eigenvalue weighted by Gasteiger charge is -2.52. The number of piperidine rings is 1. The van der Waals surface area contributed by atoms with Crippen LogP contribution in [0.2, 0.25) is 0 Å². The van der Waals surface area contributed by atoms with Gasteiger partial charge in [-0.3, -0.25) is 9.69 Å². The second kappa shape index (κ2) is 8.46. The van der Waals surface area contributed by atoms with E-state index in [1.807, 2.05) is 11.8 Å². The normalized spacial score (nSPS) is 34.2. The molecule has 3 heterocycles. The van der Waals surface area contributed by atoms with Gasteiger partial charge in [-0.25, -0.2) is 13.6 Å². The van der Waals surface area contributed by atoms with E-state index in [0.29, 0.717) is 12.6 Å². The zero-order valence-corrected chi connectivity index (χ0v) is 19.0. The zero-order valence-electron chi connectivity index (χ0n) is 19.0. The largest absolute Gasteiger partial charge is 0.450 e. The van der Waals surface area contributed by atoms with Gasteiger partial charge in [0.25, 0.3) is 5.92 Å². The number of carbonyl (C=O) groups is 2. The molecule has 1 atom stereocenters. The maximum atomic E-state index is 14.1. The molecule has 3 aliphatic heterocycles. The third-order valence-corrected chi connectivity index (χ3v) is 7.82. The smallest absolute Gasteiger partial charge is 0.409 e. The van der Waals surface area contributed by atoms with Gasteiger partial charge < -0.3 is 19.4 Å². The fourth-order valence-corrected chi connectivity index (χ4v) is 6.17. The number of amides is 2. The van der Waals surface area contributed by atoms with Crippen molar-refractivity contribution in [2.45, 2.75) is 69.5 Å². The van der Waals surface area contributed by atoms with Crippen LogP contribution in [-0.2, 0) is 9.53 Å². The van der Waals surface area contributed by atoms with Crippen molar-refractivity contribution in [3.8, 4) is 0 Å². The van der Waals surface area contributed by atoms with Gasteiger partial charge >= 0.3 is 6.09 Å². The second-order valence-corrected chi connectivity index (χ2v) is 10.2. The molecule has 1 unspecified atom stereocenters. The first-order chi connectivity index (χ1) is 14.6. The number of alkyl halides is 2. The molecule has 4 aliphatic rings. The topological polar surface area (TPSA) is 56.3 Å². The van der Waals surface area contributed by atoms with Crippen LogP contribution >= 0.6 is 0 Å². The molecular weight excluding hydrogens is 406 g/mol. The quantitative estimate of drug-likeness (QED) is 0.669. The molecule has 1 aliphatic carbocycles. The Morgan fingerprint density at radius 2 is 1.71 bits per heavy atom. The monoisotopic (exact) mass is 442 g/mol. The van der Waals surface area contributed by atoms with Crippen molar-refractivity contribution in [1.29, 1.82) is 0 Å². The summed E-state index contributed by atoms with van der Waals surface area (Å²) in [6.45, 7) is 5.26. The van der Waals surface area contributed by atoms with E-state index in [1.54, 1.807) is 19.0 Å². The van der Waals surface area contributed by atoms with Crippen LogP contribution in [0.3, 0.4) is 0 Å². The number of hydrogen-bond donors (Lipinski definition) is 0. The van der Waals surface area contributed by atoms with Crippen LogP contribution in [0.4, 0.5) is 13.6 Å². The summed E-state index contributed by atoms with van der Waals surface area (Å²) in [6, 6.07) is -0.151. The number of ether oxygens (including phenoxy) is 1. The minimum Gasteiger partial charge on any atom is -0.450 e. The highest BCUT2D eigenvalue weighted by molar-refractivity contribution is 5.82. The summed E-state index contributed by atoms with van der Waals surface area (Å²) in [4.78, 5) is 32.0. The van der Waals surface area contributed by atoms with E-state index in [4.69, 9.17) is 4.74 Å². The van der Waals surface area contributed by atoms with Crippen LogP contribution in [0.1, 0.15) is 45.4 Å². The van der Waals surface area contributed by atoms with Gasteiger partial charge in [-0.15, -0.1) is 0 Å². The minimum absolute atomic E-state index is 0.0401. The number of hydrogen-bond acceptors (Lipinski definition) is 5. The third kappa shape index (κ3) is 4.53. The number of rotatable bonds is 4. The molecule has 0 aromatic carbocycles. The van der Waals surface area contributed by atoms with E-state index in [9.17, 15) is 18.4 Å². The highest BCUT2D eigenvalue weighted by atomic mass is 19.3. The second-order valence-electron chi connectivity index (χ2n) is 10.2. The molecule has 4 rings (SSSR count). The number of halogens is 2. The Morgan fingerprint density at radius 3 is 2.32 bits per heavy atom. The summed E-state index contributed by atoms with van der Waals surface area (Å²) in [7, 11) is 3.27. The molecule has 0 aromatic heterocycles. The minimum atomic E-state index is -2.79. The molecular formula is C22H36F2N4O3. The van der Waals surface area contributed by atoms with Crippen molar-refractivity contribution in [2.75, 3.05) is 53.4 Å². The van der Waals surface area contributed by atoms with Gasteiger partial charge in [0.1, 0.15) is 0 Å². The molecule has 1 spiro atoms. The summed E-state index contributed by atoms with van der Waals surface area (Å²) < 4.78 is 33.4. The summed E-state index contributed by atoms with van der Waals surface area (Å²) in [6.07, 6.45) is 4.31. The molecule has 1 saturated carbocycles. The standard InChI is InChI=1S/C22H36F2N4O3/c1-4-31-20(30)27-10-7-21(14-27)11-17(12-21)26-8-5-16(6-9-26)28-15-22(23,24)13-18(28)19(29)25(2)3/h16-18H,4-15H2,1-3H3. The van der Waals surface area contributed by atoms with Crippen LogP contribution in [0.15, 0.2) is 0 Å². The Bertz CT molecular complexity index is 690. The molecule has 3 saturated heterocycles.